The number of benzene rings is 1. The Kier molecular flexibility index (Phi) is 2.22. The second-order valence-corrected chi connectivity index (χ2v) is 4.85. The first-order valence-corrected chi connectivity index (χ1v) is 5.98. The molecule has 82 valence electrons. The summed E-state index contributed by atoms with van der Waals surface area (Å²) < 4.78 is 1.65. The van der Waals surface area contributed by atoms with Crippen LogP contribution in [0.5, 0.6) is 0 Å². The topological polar surface area (TPSA) is 55.1 Å². The van der Waals surface area contributed by atoms with Crippen molar-refractivity contribution < 1.29 is 9.90 Å². The Morgan fingerprint density at radius 3 is 3.06 bits per heavy atom. The second kappa shape index (κ2) is 3.61. The van der Waals surface area contributed by atoms with Crippen molar-refractivity contribution in [3.63, 3.8) is 0 Å². The van der Waals surface area contributed by atoms with Crippen LogP contribution in [-0.4, -0.2) is 32.4 Å². The van der Waals surface area contributed by atoms with E-state index in [0.717, 1.165) is 16.2 Å². The number of hydrogen-bond donors (Lipinski definition) is 1. The first-order valence-electron chi connectivity index (χ1n) is 5.10. The molecule has 2 aromatic rings. The van der Waals surface area contributed by atoms with Gasteiger partial charge in [-0.1, -0.05) is 23.9 Å². The zero-order valence-electron chi connectivity index (χ0n) is 8.46. The maximum Gasteiger partial charge on any atom is 0.246 e. The number of hydrogen-bond acceptors (Lipinski definition) is 4. The fourth-order valence-electron chi connectivity index (χ4n) is 1.92. The van der Waals surface area contributed by atoms with Gasteiger partial charge in [0.1, 0.15) is 0 Å². The van der Waals surface area contributed by atoms with Crippen LogP contribution in [0, 0.1) is 0 Å². The summed E-state index contributed by atoms with van der Waals surface area (Å²) in [5.41, 5.74) is 1.70. The van der Waals surface area contributed by atoms with Crippen LogP contribution < -0.4 is 0 Å². The fraction of sp³-hybridized carbons (Fsp3) is 0.273. The van der Waals surface area contributed by atoms with Gasteiger partial charge >= 0.3 is 0 Å². The summed E-state index contributed by atoms with van der Waals surface area (Å²) in [6.07, 6.45) is 0.487. The first kappa shape index (κ1) is 9.86. The van der Waals surface area contributed by atoms with Gasteiger partial charge in [-0.3, -0.25) is 9.36 Å². The lowest BCUT2D eigenvalue weighted by atomic mass is 10.2. The van der Waals surface area contributed by atoms with Crippen molar-refractivity contribution in [2.75, 3.05) is 6.61 Å². The molecule has 0 aliphatic carbocycles. The summed E-state index contributed by atoms with van der Waals surface area (Å²) in [6, 6.07) is 7.60. The van der Waals surface area contributed by atoms with Crippen molar-refractivity contribution in [3.05, 3.63) is 24.3 Å². The van der Waals surface area contributed by atoms with E-state index in [0.29, 0.717) is 6.42 Å². The van der Waals surface area contributed by atoms with E-state index in [2.05, 4.69) is 4.98 Å². The average Bonchev–Trinajstić information content (AvgIpc) is 2.78. The van der Waals surface area contributed by atoms with Gasteiger partial charge in [0.25, 0.3) is 0 Å². The van der Waals surface area contributed by atoms with E-state index >= 15 is 0 Å². The summed E-state index contributed by atoms with van der Waals surface area (Å²) in [5, 5.41) is 9.44. The third kappa shape index (κ3) is 1.28. The molecule has 1 aromatic carbocycles. The molecule has 0 saturated carbocycles. The number of aliphatic hydroxyl groups is 1. The van der Waals surface area contributed by atoms with E-state index in [9.17, 15) is 4.79 Å². The van der Waals surface area contributed by atoms with Gasteiger partial charge in [-0.15, -0.1) is 0 Å². The van der Waals surface area contributed by atoms with Crippen LogP contribution in [-0.2, 0) is 0 Å². The predicted molar refractivity (Wildman–Crippen MR) is 61.7 cm³/mol. The molecule has 0 radical (unpaired) electrons. The minimum Gasteiger partial charge on any atom is -0.396 e. The van der Waals surface area contributed by atoms with Gasteiger partial charge in [-0.25, -0.2) is 4.98 Å². The van der Waals surface area contributed by atoms with Gasteiger partial charge in [0.15, 0.2) is 5.16 Å². The number of aromatic nitrogens is 2. The third-order valence-electron chi connectivity index (χ3n) is 2.66. The van der Waals surface area contributed by atoms with Crippen LogP contribution in [0.4, 0.5) is 0 Å². The molecule has 1 aliphatic rings. The lowest BCUT2D eigenvalue weighted by Gasteiger charge is -2.03. The Labute approximate surface area is 96.3 Å². The maximum atomic E-state index is 12.1. The largest absolute Gasteiger partial charge is 0.396 e. The Morgan fingerprint density at radius 2 is 2.25 bits per heavy atom. The van der Waals surface area contributed by atoms with Crippen molar-refractivity contribution in [2.24, 2.45) is 0 Å². The molecule has 1 aromatic heterocycles. The van der Waals surface area contributed by atoms with Crippen LogP contribution in [0.2, 0.25) is 0 Å². The molecular formula is C11H10N2O2S. The van der Waals surface area contributed by atoms with Crippen LogP contribution in [0.1, 0.15) is 11.2 Å². The van der Waals surface area contributed by atoms with Crippen LogP contribution in [0.15, 0.2) is 29.4 Å². The predicted octanol–water partition coefficient (Wildman–Crippen LogP) is 1.53. The number of carbonyl (C=O) groups excluding carboxylic acids is 1. The van der Waals surface area contributed by atoms with Gasteiger partial charge in [0, 0.05) is 6.61 Å². The molecule has 3 rings (SSSR count). The zero-order valence-corrected chi connectivity index (χ0v) is 9.28. The van der Waals surface area contributed by atoms with Crippen LogP contribution >= 0.6 is 11.8 Å². The summed E-state index contributed by atoms with van der Waals surface area (Å²) in [7, 11) is 0. The van der Waals surface area contributed by atoms with Crippen molar-refractivity contribution in [1.29, 1.82) is 0 Å². The lowest BCUT2D eigenvalue weighted by Crippen LogP contribution is -2.18. The second-order valence-electron chi connectivity index (χ2n) is 3.68. The molecule has 0 amide bonds. The van der Waals surface area contributed by atoms with Gasteiger partial charge < -0.3 is 5.11 Å². The van der Waals surface area contributed by atoms with Crippen LogP contribution in [0.3, 0.4) is 0 Å². The Bertz CT molecular complexity index is 564. The van der Waals surface area contributed by atoms with Gasteiger partial charge in [0.05, 0.1) is 16.3 Å². The van der Waals surface area contributed by atoms with Crippen molar-refractivity contribution in [1.82, 2.24) is 9.55 Å². The molecule has 1 unspecified atom stereocenters. The minimum atomic E-state index is -0.183. The highest BCUT2D eigenvalue weighted by Crippen LogP contribution is 2.35. The number of nitrogens with zero attached hydrogens (tertiary/aromatic N) is 2. The quantitative estimate of drug-likeness (QED) is 0.856. The van der Waals surface area contributed by atoms with Crippen molar-refractivity contribution in [3.8, 4) is 0 Å². The van der Waals surface area contributed by atoms with Gasteiger partial charge in [-0.2, -0.15) is 0 Å². The highest BCUT2D eigenvalue weighted by atomic mass is 32.2. The molecule has 16 heavy (non-hydrogen) atoms. The summed E-state index contributed by atoms with van der Waals surface area (Å²) in [4.78, 5) is 16.5. The Morgan fingerprint density at radius 1 is 1.44 bits per heavy atom. The van der Waals surface area contributed by atoms with Gasteiger partial charge in [0.2, 0.25) is 5.91 Å². The molecule has 0 fully saturated rings. The number of fused-ring (bicyclic) bond motifs is 3. The normalized spacial score (nSPS) is 19.3. The van der Waals surface area contributed by atoms with E-state index in [-0.39, 0.29) is 17.8 Å². The van der Waals surface area contributed by atoms with E-state index in [1.807, 2.05) is 24.3 Å². The molecule has 4 nitrogen and oxygen atoms in total. The number of imidazole rings is 1. The Balaban J connectivity index is 2.12. The molecular weight excluding hydrogens is 224 g/mol. The number of para-hydroxylation sites is 2. The monoisotopic (exact) mass is 234 g/mol. The van der Waals surface area contributed by atoms with E-state index in [4.69, 9.17) is 5.11 Å². The Hall–Kier alpha value is -1.33. The molecule has 2 heterocycles. The molecule has 1 N–H and O–H groups in total. The summed E-state index contributed by atoms with van der Waals surface area (Å²) in [5.74, 6) is 0.0303. The van der Waals surface area contributed by atoms with E-state index in [1.54, 1.807) is 4.57 Å². The highest BCUT2D eigenvalue weighted by Gasteiger charge is 2.33. The molecule has 5 heteroatoms. The molecule has 0 saturated heterocycles. The van der Waals surface area contributed by atoms with Gasteiger partial charge in [-0.05, 0) is 18.6 Å². The summed E-state index contributed by atoms with van der Waals surface area (Å²) in [6.45, 7) is 0.0339. The maximum absolute atomic E-state index is 12.1. The van der Waals surface area contributed by atoms with Crippen molar-refractivity contribution in [2.45, 2.75) is 16.8 Å². The lowest BCUT2D eigenvalue weighted by molar-refractivity contribution is 0.0904. The summed E-state index contributed by atoms with van der Waals surface area (Å²) >= 11 is 1.44. The zero-order chi connectivity index (χ0) is 11.1. The third-order valence-corrected chi connectivity index (χ3v) is 3.87. The van der Waals surface area contributed by atoms with Crippen molar-refractivity contribution >= 4 is 28.7 Å². The first-order chi connectivity index (χ1) is 7.81. The highest BCUT2D eigenvalue weighted by molar-refractivity contribution is 8.00. The number of rotatable bonds is 2. The van der Waals surface area contributed by atoms with E-state index < -0.39 is 0 Å². The number of thioether (sulfide) groups is 1. The molecule has 0 spiro atoms. The fourth-order valence-corrected chi connectivity index (χ4v) is 3.05. The average molecular weight is 234 g/mol. The standard InChI is InChI=1S/C11H10N2O2S/c14-6-5-9-10(15)13-8-4-2-1-3-7(8)12-11(13)16-9/h1-4,9,14H,5-6H2. The number of carbonyl (C=O) groups is 1. The molecule has 0 bridgehead atoms. The van der Waals surface area contributed by atoms with E-state index in [1.165, 1.54) is 11.8 Å². The smallest absolute Gasteiger partial charge is 0.246 e. The minimum absolute atomic E-state index is 0.0303. The molecule has 1 aliphatic heterocycles. The SMILES string of the molecule is O=C1C(CCO)Sc2nc3ccccc3n21. The number of aliphatic hydroxyl groups excluding tert-OH is 1. The molecule has 1 atom stereocenters. The van der Waals surface area contributed by atoms with Crippen LogP contribution in [0.25, 0.3) is 11.0 Å².